The summed E-state index contributed by atoms with van der Waals surface area (Å²) in [6, 6.07) is 0. The van der Waals surface area contributed by atoms with Crippen molar-refractivity contribution in [3.63, 3.8) is 0 Å². The van der Waals surface area contributed by atoms with Crippen LogP contribution in [0.5, 0.6) is 0 Å². The minimum Gasteiger partial charge on any atom is -0.479 e. The van der Waals surface area contributed by atoms with Crippen LogP contribution in [0, 0.1) is 0 Å². The predicted molar refractivity (Wildman–Crippen MR) is 43.4 cm³/mol. The zero-order valence-electron chi connectivity index (χ0n) is 6.61. The molecule has 1 aromatic rings. The molecule has 1 unspecified atom stereocenters. The van der Waals surface area contributed by atoms with E-state index in [1.165, 1.54) is 6.20 Å². The molecule has 1 aromatic heterocycles. The second-order valence-corrected chi connectivity index (χ2v) is 3.17. The summed E-state index contributed by atoms with van der Waals surface area (Å²) < 4.78 is 6.62. The van der Waals surface area contributed by atoms with Gasteiger partial charge in [-0.25, -0.2) is 4.79 Å². The summed E-state index contributed by atoms with van der Waals surface area (Å²) in [4.78, 5) is 10.6. The second kappa shape index (κ2) is 3.01. The highest BCUT2D eigenvalue weighted by Gasteiger charge is 2.26. The Kier molecular flexibility index (Phi) is 1.97. The molecule has 1 N–H and O–H groups in total. The first-order valence-corrected chi connectivity index (χ1v) is 4.11. The van der Waals surface area contributed by atoms with E-state index in [0.29, 0.717) is 5.02 Å². The van der Waals surface area contributed by atoms with Crippen LogP contribution in [0.2, 0.25) is 5.02 Å². The lowest BCUT2D eigenvalue weighted by molar-refractivity contribution is -0.154. The molecule has 1 atom stereocenters. The molecule has 0 fully saturated rings. The maximum atomic E-state index is 10.6. The quantitative estimate of drug-likeness (QED) is 0.721. The lowest BCUT2D eigenvalue weighted by Crippen LogP contribution is -2.34. The van der Waals surface area contributed by atoms with E-state index in [1.807, 2.05) is 0 Å². The van der Waals surface area contributed by atoms with E-state index in [-0.39, 0.29) is 13.2 Å². The number of fused-ring (bicyclic) bond motifs is 1. The number of ether oxygens (including phenoxy) is 1. The summed E-state index contributed by atoms with van der Waals surface area (Å²) >= 11 is 5.77. The number of aliphatic carboxylic acids is 1. The lowest BCUT2D eigenvalue weighted by atomic mass is 10.3. The molecule has 13 heavy (non-hydrogen) atoms. The van der Waals surface area contributed by atoms with Gasteiger partial charge in [0.1, 0.15) is 0 Å². The fourth-order valence-electron chi connectivity index (χ4n) is 1.23. The molecule has 6 heteroatoms. The first-order valence-electron chi connectivity index (χ1n) is 3.73. The van der Waals surface area contributed by atoms with Gasteiger partial charge >= 0.3 is 5.97 Å². The van der Waals surface area contributed by atoms with Gasteiger partial charge in [0.15, 0.2) is 6.10 Å². The number of halogens is 1. The molecule has 1 aliphatic heterocycles. The highest BCUT2D eigenvalue weighted by molar-refractivity contribution is 6.31. The Morgan fingerprint density at radius 3 is 3.31 bits per heavy atom. The van der Waals surface area contributed by atoms with Gasteiger partial charge in [-0.3, -0.25) is 4.68 Å². The summed E-state index contributed by atoms with van der Waals surface area (Å²) in [5.74, 6) is -0.975. The lowest BCUT2D eigenvalue weighted by Gasteiger charge is -2.20. The Morgan fingerprint density at radius 2 is 2.62 bits per heavy atom. The topological polar surface area (TPSA) is 64.3 Å². The van der Waals surface area contributed by atoms with Gasteiger partial charge in [-0.1, -0.05) is 11.6 Å². The Bertz CT molecular complexity index is 350. The van der Waals surface area contributed by atoms with Crippen LogP contribution >= 0.6 is 11.6 Å². The fraction of sp³-hybridized carbons (Fsp3) is 0.429. The molecule has 0 saturated heterocycles. The first-order chi connectivity index (χ1) is 6.18. The summed E-state index contributed by atoms with van der Waals surface area (Å²) in [5.41, 5.74) is 0.735. The van der Waals surface area contributed by atoms with Crippen LogP contribution in [0.4, 0.5) is 0 Å². The highest BCUT2D eigenvalue weighted by atomic mass is 35.5. The third-order valence-corrected chi connectivity index (χ3v) is 2.25. The van der Waals surface area contributed by atoms with Crippen molar-refractivity contribution in [3.05, 3.63) is 16.9 Å². The average molecular weight is 203 g/mol. The molecular weight excluding hydrogens is 196 g/mol. The van der Waals surface area contributed by atoms with E-state index >= 15 is 0 Å². The number of rotatable bonds is 1. The molecule has 1 aliphatic rings. The van der Waals surface area contributed by atoms with E-state index < -0.39 is 12.1 Å². The summed E-state index contributed by atoms with van der Waals surface area (Å²) in [6.07, 6.45) is 0.674. The molecule has 0 saturated carbocycles. The number of aromatic nitrogens is 2. The summed E-state index contributed by atoms with van der Waals surface area (Å²) in [6.45, 7) is 0.424. The number of carboxylic acids is 1. The molecule has 70 valence electrons. The molecule has 0 aliphatic carbocycles. The van der Waals surface area contributed by atoms with Gasteiger partial charge in [-0.05, 0) is 0 Å². The molecule has 2 rings (SSSR count). The molecule has 0 amide bonds. The van der Waals surface area contributed by atoms with Crippen LogP contribution in [-0.2, 0) is 22.7 Å². The van der Waals surface area contributed by atoms with Gasteiger partial charge in [0.2, 0.25) is 0 Å². The maximum Gasteiger partial charge on any atom is 0.334 e. The van der Waals surface area contributed by atoms with Crippen molar-refractivity contribution in [2.45, 2.75) is 19.3 Å². The van der Waals surface area contributed by atoms with Gasteiger partial charge in [-0.2, -0.15) is 5.10 Å². The number of hydrogen-bond acceptors (Lipinski definition) is 3. The zero-order chi connectivity index (χ0) is 9.42. The number of carbonyl (C=O) groups is 1. The Morgan fingerprint density at radius 1 is 1.85 bits per heavy atom. The van der Waals surface area contributed by atoms with E-state index in [0.717, 1.165) is 5.69 Å². The van der Waals surface area contributed by atoms with Crippen molar-refractivity contribution in [3.8, 4) is 0 Å². The maximum absolute atomic E-state index is 10.6. The molecule has 0 bridgehead atoms. The Labute approximate surface area is 78.9 Å². The number of nitrogens with zero attached hydrogens (tertiary/aromatic N) is 2. The molecule has 0 spiro atoms. The predicted octanol–water partition coefficient (Wildman–Crippen LogP) is 0.520. The largest absolute Gasteiger partial charge is 0.479 e. The van der Waals surface area contributed by atoms with Gasteiger partial charge in [0.25, 0.3) is 0 Å². The van der Waals surface area contributed by atoms with Crippen LogP contribution in [-0.4, -0.2) is 27.0 Å². The summed E-state index contributed by atoms with van der Waals surface area (Å²) in [5, 5.41) is 13.1. The monoisotopic (exact) mass is 202 g/mol. The minimum absolute atomic E-state index is 0.204. The smallest absolute Gasteiger partial charge is 0.334 e. The van der Waals surface area contributed by atoms with Crippen molar-refractivity contribution in [1.29, 1.82) is 0 Å². The Balaban J connectivity index is 2.25. The van der Waals surface area contributed by atoms with Gasteiger partial charge in [0, 0.05) is 0 Å². The Hall–Kier alpha value is -1.07. The molecule has 2 heterocycles. The average Bonchev–Trinajstić information content (AvgIpc) is 2.47. The van der Waals surface area contributed by atoms with Crippen molar-refractivity contribution in [1.82, 2.24) is 9.78 Å². The molecule has 5 nitrogen and oxygen atoms in total. The van der Waals surface area contributed by atoms with E-state index in [4.69, 9.17) is 21.4 Å². The number of carboxylic acid groups (broad SMARTS) is 1. The van der Waals surface area contributed by atoms with Gasteiger partial charge in [0.05, 0.1) is 30.1 Å². The highest BCUT2D eigenvalue weighted by Crippen LogP contribution is 2.21. The van der Waals surface area contributed by atoms with Crippen molar-refractivity contribution in [2.24, 2.45) is 0 Å². The molecular formula is C7H7ClN2O3. The van der Waals surface area contributed by atoms with Crippen molar-refractivity contribution >= 4 is 17.6 Å². The normalized spacial score (nSPS) is 21.2. The standard InChI is InChI=1S/C7H7ClN2O3/c8-4-1-9-10-2-6(7(11)12)13-3-5(4)10/h1,6H,2-3H2,(H,11,12). The van der Waals surface area contributed by atoms with Crippen molar-refractivity contribution in [2.75, 3.05) is 0 Å². The SMILES string of the molecule is O=C(O)C1Cn2ncc(Cl)c2CO1. The van der Waals surface area contributed by atoms with Gasteiger partial charge < -0.3 is 9.84 Å². The molecule has 0 aromatic carbocycles. The minimum atomic E-state index is -0.975. The van der Waals surface area contributed by atoms with Crippen LogP contribution < -0.4 is 0 Å². The van der Waals surface area contributed by atoms with E-state index in [1.54, 1.807) is 4.68 Å². The molecule has 0 radical (unpaired) electrons. The first kappa shape index (κ1) is 8.52. The number of hydrogen-bond donors (Lipinski definition) is 1. The third kappa shape index (κ3) is 1.40. The zero-order valence-corrected chi connectivity index (χ0v) is 7.36. The van der Waals surface area contributed by atoms with Crippen molar-refractivity contribution < 1.29 is 14.6 Å². The fourth-order valence-corrected chi connectivity index (χ4v) is 1.42. The van der Waals surface area contributed by atoms with Crippen LogP contribution in [0.1, 0.15) is 5.69 Å². The van der Waals surface area contributed by atoms with E-state index in [2.05, 4.69) is 5.10 Å². The van der Waals surface area contributed by atoms with Gasteiger partial charge in [-0.15, -0.1) is 0 Å². The second-order valence-electron chi connectivity index (χ2n) is 2.76. The van der Waals surface area contributed by atoms with Crippen LogP contribution in [0.15, 0.2) is 6.20 Å². The van der Waals surface area contributed by atoms with Crippen LogP contribution in [0.3, 0.4) is 0 Å². The van der Waals surface area contributed by atoms with E-state index in [9.17, 15) is 4.79 Å². The summed E-state index contributed by atoms with van der Waals surface area (Å²) in [7, 11) is 0. The van der Waals surface area contributed by atoms with Crippen LogP contribution in [0.25, 0.3) is 0 Å². The third-order valence-electron chi connectivity index (χ3n) is 1.93.